The van der Waals surface area contributed by atoms with Gasteiger partial charge in [0.05, 0.1) is 39.6 Å². The van der Waals surface area contributed by atoms with Crippen LogP contribution in [0.2, 0.25) is 0 Å². The zero-order chi connectivity index (χ0) is 24.2. The van der Waals surface area contributed by atoms with E-state index in [0.717, 1.165) is 26.1 Å². The van der Waals surface area contributed by atoms with Gasteiger partial charge in [0.25, 0.3) is 0 Å². The summed E-state index contributed by atoms with van der Waals surface area (Å²) in [5.41, 5.74) is 0. The summed E-state index contributed by atoms with van der Waals surface area (Å²) in [7, 11) is 0. The molecule has 0 saturated heterocycles. The van der Waals surface area contributed by atoms with Gasteiger partial charge in [-0.2, -0.15) is 0 Å². The minimum Gasteiger partial charge on any atom is -0.463 e. The molecule has 0 atom stereocenters. The van der Waals surface area contributed by atoms with Crippen LogP contribution in [-0.2, 0) is 38.0 Å². The molecule has 0 saturated carbocycles. The van der Waals surface area contributed by atoms with Crippen molar-refractivity contribution in [3.05, 3.63) is 0 Å². The Hall–Kier alpha value is -1.22. The monoisotopic (exact) mass is 476 g/mol. The second-order valence-corrected chi connectivity index (χ2v) is 7.87. The Morgan fingerprint density at radius 3 is 1.18 bits per heavy atom. The first-order valence-electron chi connectivity index (χ1n) is 12.8. The maximum Gasteiger partial charge on any atom is 0.305 e. The number of ether oxygens (including phenoxy) is 6. The molecular formula is C25H48O8. The Labute approximate surface area is 201 Å². The first kappa shape index (κ1) is 31.8. The summed E-state index contributed by atoms with van der Waals surface area (Å²) in [5.74, 6) is -0.673. The van der Waals surface area contributed by atoms with Crippen LogP contribution in [0.3, 0.4) is 0 Å². The molecule has 8 heteroatoms. The predicted molar refractivity (Wildman–Crippen MR) is 127 cm³/mol. The van der Waals surface area contributed by atoms with Crippen LogP contribution in [0.25, 0.3) is 0 Å². The Morgan fingerprint density at radius 1 is 0.424 bits per heavy atom. The lowest BCUT2D eigenvalue weighted by molar-refractivity contribution is -0.147. The molecule has 196 valence electrons. The van der Waals surface area contributed by atoms with Crippen LogP contribution in [0.4, 0.5) is 0 Å². The zero-order valence-electron chi connectivity index (χ0n) is 21.1. The molecule has 0 aromatic rings. The van der Waals surface area contributed by atoms with Gasteiger partial charge in [0, 0.05) is 26.1 Å². The fourth-order valence-electron chi connectivity index (χ4n) is 2.86. The van der Waals surface area contributed by atoms with Gasteiger partial charge < -0.3 is 28.4 Å². The molecule has 0 aromatic heterocycles. The average Bonchev–Trinajstić information content (AvgIpc) is 2.81. The SMILES string of the molecule is CCCCCCOCCOCCOC(=O)CCCC(=O)OCCOCCOCCCCCC. The molecule has 8 nitrogen and oxygen atoms in total. The minimum absolute atomic E-state index is 0.183. The average molecular weight is 477 g/mol. The summed E-state index contributed by atoms with van der Waals surface area (Å²) >= 11 is 0. The Morgan fingerprint density at radius 2 is 0.788 bits per heavy atom. The Balaban J connectivity index is 3.29. The molecule has 0 N–H and O–H groups in total. The number of carbonyl (C=O) groups excluding carboxylic acids is 2. The van der Waals surface area contributed by atoms with Crippen molar-refractivity contribution in [2.75, 3.05) is 66.1 Å². The van der Waals surface area contributed by atoms with E-state index in [4.69, 9.17) is 28.4 Å². The number of rotatable bonds is 26. The molecule has 0 amide bonds. The highest BCUT2D eigenvalue weighted by Gasteiger charge is 2.07. The van der Waals surface area contributed by atoms with Crippen LogP contribution in [0.15, 0.2) is 0 Å². The molecule has 33 heavy (non-hydrogen) atoms. The maximum atomic E-state index is 11.7. The van der Waals surface area contributed by atoms with Crippen molar-refractivity contribution in [2.45, 2.75) is 84.5 Å². The van der Waals surface area contributed by atoms with Gasteiger partial charge in [-0.05, 0) is 19.3 Å². The van der Waals surface area contributed by atoms with E-state index < -0.39 is 0 Å². The van der Waals surface area contributed by atoms with Crippen LogP contribution in [0, 0.1) is 0 Å². The van der Waals surface area contributed by atoms with Crippen molar-refractivity contribution in [3.63, 3.8) is 0 Å². The topological polar surface area (TPSA) is 89.5 Å². The van der Waals surface area contributed by atoms with Crippen molar-refractivity contribution in [1.29, 1.82) is 0 Å². The van der Waals surface area contributed by atoms with Gasteiger partial charge in [-0.1, -0.05) is 52.4 Å². The van der Waals surface area contributed by atoms with Gasteiger partial charge in [0.1, 0.15) is 13.2 Å². The molecular weight excluding hydrogens is 428 g/mol. The number of esters is 2. The highest BCUT2D eigenvalue weighted by Crippen LogP contribution is 2.01. The third-order valence-corrected chi connectivity index (χ3v) is 4.77. The number of hydrogen-bond donors (Lipinski definition) is 0. The standard InChI is InChI=1S/C25H48O8/c1-3-5-7-9-14-28-16-18-30-20-22-32-24(26)12-11-13-25(27)33-23-21-31-19-17-29-15-10-8-6-4-2/h3-23H2,1-2H3. The second-order valence-electron chi connectivity index (χ2n) is 7.87. The quantitative estimate of drug-likeness (QED) is 0.133. The highest BCUT2D eigenvalue weighted by molar-refractivity contribution is 5.72. The van der Waals surface area contributed by atoms with Gasteiger partial charge in [0.15, 0.2) is 0 Å². The van der Waals surface area contributed by atoms with Crippen LogP contribution >= 0.6 is 0 Å². The first-order valence-corrected chi connectivity index (χ1v) is 12.8. The molecule has 0 radical (unpaired) electrons. The number of hydrogen-bond acceptors (Lipinski definition) is 8. The fourth-order valence-corrected chi connectivity index (χ4v) is 2.86. The summed E-state index contributed by atoms with van der Waals surface area (Å²) in [6.07, 6.45) is 10.3. The summed E-state index contributed by atoms with van der Waals surface area (Å²) < 4.78 is 31.8. The number of carbonyl (C=O) groups is 2. The van der Waals surface area contributed by atoms with Crippen LogP contribution in [-0.4, -0.2) is 78.0 Å². The third-order valence-electron chi connectivity index (χ3n) is 4.77. The predicted octanol–water partition coefficient (Wildman–Crippen LogP) is 4.47. The van der Waals surface area contributed by atoms with E-state index in [-0.39, 0.29) is 38.0 Å². The summed E-state index contributed by atoms with van der Waals surface area (Å²) in [5, 5.41) is 0. The molecule has 0 aliphatic rings. The Bertz CT molecular complexity index is 393. The second kappa shape index (κ2) is 27.0. The highest BCUT2D eigenvalue weighted by atomic mass is 16.6. The lowest BCUT2D eigenvalue weighted by atomic mass is 10.2. The van der Waals surface area contributed by atoms with Crippen LogP contribution in [0.1, 0.15) is 84.5 Å². The molecule has 0 bridgehead atoms. The van der Waals surface area contributed by atoms with E-state index in [2.05, 4.69) is 13.8 Å². The normalized spacial score (nSPS) is 11.0. The lowest BCUT2D eigenvalue weighted by Gasteiger charge is -2.08. The molecule has 0 heterocycles. The van der Waals surface area contributed by atoms with E-state index in [1.807, 2.05) is 0 Å². The van der Waals surface area contributed by atoms with Crippen molar-refractivity contribution in [2.24, 2.45) is 0 Å². The first-order chi connectivity index (χ1) is 16.2. The van der Waals surface area contributed by atoms with E-state index in [0.29, 0.717) is 46.1 Å². The molecule has 0 fully saturated rings. The van der Waals surface area contributed by atoms with Crippen molar-refractivity contribution in [3.8, 4) is 0 Å². The van der Waals surface area contributed by atoms with Gasteiger partial charge in [0.2, 0.25) is 0 Å². The molecule has 0 rings (SSSR count). The zero-order valence-corrected chi connectivity index (χ0v) is 21.1. The van der Waals surface area contributed by atoms with Gasteiger partial charge in [-0.3, -0.25) is 9.59 Å². The van der Waals surface area contributed by atoms with Gasteiger partial charge >= 0.3 is 11.9 Å². The molecule has 0 aliphatic heterocycles. The van der Waals surface area contributed by atoms with E-state index in [1.54, 1.807) is 0 Å². The molecule has 0 unspecified atom stereocenters. The summed E-state index contributed by atoms with van der Waals surface area (Å²) in [6, 6.07) is 0. The van der Waals surface area contributed by atoms with E-state index in [9.17, 15) is 9.59 Å². The maximum absolute atomic E-state index is 11.7. The smallest absolute Gasteiger partial charge is 0.305 e. The number of unbranched alkanes of at least 4 members (excludes halogenated alkanes) is 6. The summed E-state index contributed by atoms with van der Waals surface area (Å²) in [4.78, 5) is 23.3. The minimum atomic E-state index is -0.336. The molecule has 0 aromatic carbocycles. The van der Waals surface area contributed by atoms with Crippen molar-refractivity contribution in [1.82, 2.24) is 0 Å². The van der Waals surface area contributed by atoms with Crippen molar-refractivity contribution < 1.29 is 38.0 Å². The van der Waals surface area contributed by atoms with E-state index in [1.165, 1.54) is 38.5 Å². The lowest BCUT2D eigenvalue weighted by Crippen LogP contribution is -2.14. The summed E-state index contributed by atoms with van der Waals surface area (Å²) in [6.45, 7) is 9.10. The fraction of sp³-hybridized carbons (Fsp3) is 0.920. The van der Waals surface area contributed by atoms with Crippen LogP contribution < -0.4 is 0 Å². The molecule has 0 aliphatic carbocycles. The van der Waals surface area contributed by atoms with Crippen LogP contribution in [0.5, 0.6) is 0 Å². The van der Waals surface area contributed by atoms with E-state index >= 15 is 0 Å². The third kappa shape index (κ3) is 26.9. The van der Waals surface area contributed by atoms with Gasteiger partial charge in [-0.15, -0.1) is 0 Å². The largest absolute Gasteiger partial charge is 0.463 e. The van der Waals surface area contributed by atoms with Gasteiger partial charge in [-0.25, -0.2) is 0 Å². The van der Waals surface area contributed by atoms with Crippen molar-refractivity contribution >= 4 is 11.9 Å². The molecule has 0 spiro atoms. The Kier molecular flexibility index (Phi) is 26.0.